The number of amides is 1. The van der Waals surface area contributed by atoms with Crippen molar-refractivity contribution in [3.05, 3.63) is 59.9 Å². The molecule has 30 heavy (non-hydrogen) atoms. The predicted octanol–water partition coefficient (Wildman–Crippen LogP) is 3.50. The van der Waals surface area contributed by atoms with Crippen LogP contribution in [0.15, 0.2) is 48.7 Å². The molecule has 1 aliphatic rings. The van der Waals surface area contributed by atoms with E-state index in [9.17, 15) is 15.0 Å². The zero-order chi connectivity index (χ0) is 21.2. The summed E-state index contributed by atoms with van der Waals surface area (Å²) in [5.74, 6) is -0.188. The quantitative estimate of drug-likeness (QED) is 0.413. The van der Waals surface area contributed by atoms with E-state index < -0.39 is 0 Å². The Morgan fingerprint density at radius 2 is 2.00 bits per heavy atom. The molecule has 0 saturated carbocycles. The Labute approximate surface area is 178 Å². The van der Waals surface area contributed by atoms with Crippen molar-refractivity contribution < 1.29 is 15.0 Å². The van der Waals surface area contributed by atoms with Crippen molar-refractivity contribution in [3.63, 3.8) is 0 Å². The molecule has 160 valence electrons. The maximum atomic E-state index is 12.0. The number of nitrogens with zero attached hydrogens (tertiary/aromatic N) is 2. The lowest BCUT2D eigenvalue weighted by Gasteiger charge is -2.26. The van der Waals surface area contributed by atoms with Crippen molar-refractivity contribution in [1.29, 1.82) is 0 Å². The van der Waals surface area contributed by atoms with Crippen molar-refractivity contribution in [2.24, 2.45) is 0 Å². The number of phenolic OH excluding ortho intramolecular Hbond substituents is 2. The van der Waals surface area contributed by atoms with Crippen LogP contribution in [-0.4, -0.2) is 52.2 Å². The summed E-state index contributed by atoms with van der Waals surface area (Å²) in [5.41, 5.74) is 3.31. The minimum Gasteiger partial charge on any atom is -0.504 e. The van der Waals surface area contributed by atoms with E-state index in [1.807, 2.05) is 18.3 Å². The van der Waals surface area contributed by atoms with Crippen molar-refractivity contribution in [2.75, 3.05) is 26.2 Å². The number of unbranched alkanes of at least 4 members (excludes halogenated alkanes) is 2. The van der Waals surface area contributed by atoms with Crippen LogP contribution in [0.3, 0.4) is 0 Å². The van der Waals surface area contributed by atoms with E-state index in [1.165, 1.54) is 17.7 Å². The third-order valence-corrected chi connectivity index (χ3v) is 5.44. The van der Waals surface area contributed by atoms with Crippen LogP contribution in [0.4, 0.5) is 0 Å². The molecule has 1 aromatic heterocycles. The Morgan fingerprint density at radius 1 is 1.10 bits per heavy atom. The topological polar surface area (TPSA) is 85.7 Å². The van der Waals surface area contributed by atoms with Crippen LogP contribution >= 0.6 is 0 Å². The molecule has 1 aromatic carbocycles. The first-order chi connectivity index (χ1) is 14.6. The molecule has 0 aliphatic carbocycles. The highest BCUT2D eigenvalue weighted by molar-refractivity contribution is 5.75. The Hall–Kier alpha value is -2.86. The van der Waals surface area contributed by atoms with Crippen molar-refractivity contribution >= 4 is 11.5 Å². The molecule has 0 fully saturated rings. The Morgan fingerprint density at radius 3 is 2.73 bits per heavy atom. The number of hydrogen-bond donors (Lipinski definition) is 3. The molecule has 2 aromatic rings. The van der Waals surface area contributed by atoms with Gasteiger partial charge in [-0.1, -0.05) is 24.6 Å². The fourth-order valence-electron chi connectivity index (χ4n) is 3.66. The van der Waals surface area contributed by atoms with E-state index in [-0.39, 0.29) is 17.4 Å². The van der Waals surface area contributed by atoms with E-state index in [0.717, 1.165) is 56.6 Å². The van der Waals surface area contributed by atoms with Crippen LogP contribution in [0.2, 0.25) is 0 Å². The lowest BCUT2D eigenvalue weighted by molar-refractivity contribution is -0.121. The summed E-state index contributed by atoms with van der Waals surface area (Å²) >= 11 is 0. The van der Waals surface area contributed by atoms with Gasteiger partial charge in [0.1, 0.15) is 0 Å². The number of aromatic hydroxyl groups is 2. The van der Waals surface area contributed by atoms with E-state index in [0.29, 0.717) is 19.4 Å². The first-order valence-corrected chi connectivity index (χ1v) is 10.7. The van der Waals surface area contributed by atoms with E-state index in [1.54, 1.807) is 6.07 Å². The van der Waals surface area contributed by atoms with Gasteiger partial charge in [-0.3, -0.25) is 14.7 Å². The summed E-state index contributed by atoms with van der Waals surface area (Å²) in [5, 5.41) is 21.7. The van der Waals surface area contributed by atoms with Gasteiger partial charge in [0.25, 0.3) is 0 Å². The third kappa shape index (κ3) is 6.88. The highest BCUT2D eigenvalue weighted by atomic mass is 16.3. The number of hydrogen-bond acceptors (Lipinski definition) is 5. The van der Waals surface area contributed by atoms with E-state index in [4.69, 9.17) is 0 Å². The highest BCUT2D eigenvalue weighted by Crippen LogP contribution is 2.25. The second kappa shape index (κ2) is 11.4. The first kappa shape index (κ1) is 21.8. The van der Waals surface area contributed by atoms with Crippen LogP contribution in [0.1, 0.15) is 43.4 Å². The average molecular weight is 410 g/mol. The van der Waals surface area contributed by atoms with Gasteiger partial charge >= 0.3 is 0 Å². The molecule has 0 saturated heterocycles. The van der Waals surface area contributed by atoms with Gasteiger partial charge < -0.3 is 15.5 Å². The van der Waals surface area contributed by atoms with E-state index >= 15 is 0 Å². The van der Waals surface area contributed by atoms with Crippen molar-refractivity contribution in [1.82, 2.24) is 15.2 Å². The molecule has 0 atom stereocenters. The molecule has 0 radical (unpaired) electrons. The number of carbonyl (C=O) groups is 1. The van der Waals surface area contributed by atoms with Gasteiger partial charge in [0.2, 0.25) is 5.91 Å². The van der Waals surface area contributed by atoms with Gasteiger partial charge in [-0.05, 0) is 67.6 Å². The zero-order valence-electron chi connectivity index (χ0n) is 17.4. The number of benzene rings is 1. The number of phenols is 2. The van der Waals surface area contributed by atoms with Gasteiger partial charge in [0.15, 0.2) is 11.5 Å². The molecular formula is C24H31N3O3. The third-order valence-electron chi connectivity index (χ3n) is 5.44. The Bertz CT molecular complexity index is 852. The molecule has 1 aliphatic heterocycles. The lowest BCUT2D eigenvalue weighted by Crippen LogP contribution is -2.29. The number of nitrogens with one attached hydrogen (secondary N) is 1. The predicted molar refractivity (Wildman–Crippen MR) is 118 cm³/mol. The average Bonchev–Trinajstić information content (AvgIpc) is 2.77. The van der Waals surface area contributed by atoms with Gasteiger partial charge in [-0.2, -0.15) is 0 Å². The number of aromatic nitrogens is 1. The minimum atomic E-state index is -0.129. The van der Waals surface area contributed by atoms with Crippen LogP contribution in [0.25, 0.3) is 5.57 Å². The molecule has 6 nitrogen and oxygen atoms in total. The number of pyridine rings is 1. The molecular weight excluding hydrogens is 378 g/mol. The maximum Gasteiger partial charge on any atom is 0.220 e. The standard InChI is InChI=1S/C24H31N3O3/c28-22-9-8-19(18-23(22)29)10-14-26-24(30)7-2-1-5-15-27-16-11-20(12-17-27)21-6-3-4-13-25-21/h3-4,6,8-9,11,13,18,28-29H,1-2,5,7,10,12,14-17H2,(H,26,30). The lowest BCUT2D eigenvalue weighted by atomic mass is 10.0. The maximum absolute atomic E-state index is 12.0. The van der Waals surface area contributed by atoms with Gasteiger partial charge in [0.05, 0.1) is 5.69 Å². The summed E-state index contributed by atoms with van der Waals surface area (Å²) in [4.78, 5) is 18.9. The summed E-state index contributed by atoms with van der Waals surface area (Å²) in [7, 11) is 0. The van der Waals surface area contributed by atoms with Gasteiger partial charge in [-0.25, -0.2) is 0 Å². The molecule has 3 N–H and O–H groups in total. The summed E-state index contributed by atoms with van der Waals surface area (Å²) in [6.07, 6.45) is 9.39. The summed E-state index contributed by atoms with van der Waals surface area (Å²) < 4.78 is 0. The normalized spacial score (nSPS) is 14.3. The van der Waals surface area contributed by atoms with Gasteiger partial charge in [-0.15, -0.1) is 0 Å². The Balaban J connectivity index is 1.24. The molecule has 0 unspecified atom stereocenters. The van der Waals surface area contributed by atoms with E-state index in [2.05, 4.69) is 27.3 Å². The molecule has 0 bridgehead atoms. The largest absolute Gasteiger partial charge is 0.504 e. The fraction of sp³-hybridized carbons (Fsp3) is 0.417. The van der Waals surface area contributed by atoms with Crippen LogP contribution < -0.4 is 5.32 Å². The molecule has 1 amide bonds. The van der Waals surface area contributed by atoms with Crippen molar-refractivity contribution in [2.45, 2.75) is 38.5 Å². The fourth-order valence-corrected chi connectivity index (χ4v) is 3.66. The molecule has 6 heteroatoms. The van der Waals surface area contributed by atoms with Crippen LogP contribution in [-0.2, 0) is 11.2 Å². The highest BCUT2D eigenvalue weighted by Gasteiger charge is 2.13. The summed E-state index contributed by atoms with van der Waals surface area (Å²) in [6, 6.07) is 10.8. The number of rotatable bonds is 10. The zero-order valence-corrected chi connectivity index (χ0v) is 17.4. The van der Waals surface area contributed by atoms with Gasteiger partial charge in [0, 0.05) is 32.3 Å². The van der Waals surface area contributed by atoms with Crippen LogP contribution in [0.5, 0.6) is 11.5 Å². The second-order valence-electron chi connectivity index (χ2n) is 7.73. The van der Waals surface area contributed by atoms with Crippen molar-refractivity contribution in [3.8, 4) is 11.5 Å². The summed E-state index contributed by atoms with van der Waals surface area (Å²) in [6.45, 7) is 3.63. The Kier molecular flexibility index (Phi) is 8.27. The monoisotopic (exact) mass is 409 g/mol. The minimum absolute atomic E-state index is 0.0684. The second-order valence-corrected chi connectivity index (χ2v) is 7.73. The molecule has 0 spiro atoms. The van der Waals surface area contributed by atoms with Crippen LogP contribution in [0, 0.1) is 0 Å². The SMILES string of the molecule is O=C(CCCCCN1CC=C(c2ccccn2)CC1)NCCc1ccc(O)c(O)c1. The number of carbonyl (C=O) groups excluding carboxylic acids is 1. The molecule has 2 heterocycles. The first-order valence-electron chi connectivity index (χ1n) is 10.7. The molecule has 3 rings (SSSR count). The smallest absolute Gasteiger partial charge is 0.220 e.